The van der Waals surface area contributed by atoms with Crippen molar-refractivity contribution in [3.8, 4) is 0 Å². The lowest BCUT2D eigenvalue weighted by Crippen LogP contribution is -2.18. The highest BCUT2D eigenvalue weighted by molar-refractivity contribution is 9.10. The van der Waals surface area contributed by atoms with Crippen LogP contribution in [0.5, 0.6) is 0 Å². The second-order valence-electron chi connectivity index (χ2n) is 4.68. The van der Waals surface area contributed by atoms with Gasteiger partial charge >= 0.3 is 0 Å². The Bertz CT molecular complexity index is 565. The van der Waals surface area contributed by atoms with Gasteiger partial charge in [-0.1, -0.05) is 22.0 Å². The molecule has 2 nitrogen and oxygen atoms in total. The van der Waals surface area contributed by atoms with Gasteiger partial charge in [-0.05, 0) is 43.0 Å². The predicted molar refractivity (Wildman–Crippen MR) is 78.9 cm³/mol. The molecule has 0 spiro atoms. The SMILES string of the molecule is Cc1ncsc1CNC1CCc2cc(Br)ccc21. The number of halogens is 1. The van der Waals surface area contributed by atoms with Gasteiger partial charge in [0.05, 0.1) is 11.2 Å². The van der Waals surface area contributed by atoms with E-state index in [1.54, 1.807) is 11.3 Å². The number of nitrogens with one attached hydrogen (secondary N) is 1. The largest absolute Gasteiger partial charge is 0.305 e. The summed E-state index contributed by atoms with van der Waals surface area (Å²) in [6.45, 7) is 3.00. The summed E-state index contributed by atoms with van der Waals surface area (Å²) in [6.07, 6.45) is 2.37. The fraction of sp³-hybridized carbons (Fsp3) is 0.357. The van der Waals surface area contributed by atoms with Gasteiger partial charge in [0.2, 0.25) is 0 Å². The Kier molecular flexibility index (Phi) is 3.50. The zero-order valence-corrected chi connectivity index (χ0v) is 12.6. The number of rotatable bonds is 3. The number of aryl methyl sites for hydroxylation is 2. The molecule has 0 saturated carbocycles. The Morgan fingerprint density at radius 2 is 2.39 bits per heavy atom. The van der Waals surface area contributed by atoms with Gasteiger partial charge in [0.15, 0.2) is 0 Å². The molecule has 1 N–H and O–H groups in total. The van der Waals surface area contributed by atoms with Crippen LogP contribution in [-0.4, -0.2) is 4.98 Å². The molecule has 1 atom stereocenters. The van der Waals surface area contributed by atoms with Crippen molar-refractivity contribution in [1.29, 1.82) is 0 Å². The number of hydrogen-bond acceptors (Lipinski definition) is 3. The molecular weight excluding hydrogens is 308 g/mol. The summed E-state index contributed by atoms with van der Waals surface area (Å²) in [5.41, 5.74) is 6.01. The molecule has 0 fully saturated rings. The van der Waals surface area contributed by atoms with Gasteiger partial charge < -0.3 is 5.32 Å². The molecule has 1 aromatic carbocycles. The summed E-state index contributed by atoms with van der Waals surface area (Å²) >= 11 is 5.27. The van der Waals surface area contributed by atoms with E-state index in [-0.39, 0.29) is 0 Å². The number of fused-ring (bicyclic) bond motifs is 1. The van der Waals surface area contributed by atoms with Crippen LogP contribution in [0.1, 0.15) is 34.2 Å². The molecule has 0 bridgehead atoms. The minimum Gasteiger partial charge on any atom is -0.305 e. The minimum atomic E-state index is 0.495. The van der Waals surface area contributed by atoms with E-state index in [0.29, 0.717) is 6.04 Å². The van der Waals surface area contributed by atoms with Crippen molar-refractivity contribution in [2.75, 3.05) is 0 Å². The maximum absolute atomic E-state index is 4.29. The molecule has 1 aliphatic rings. The van der Waals surface area contributed by atoms with E-state index in [1.807, 2.05) is 5.51 Å². The Morgan fingerprint density at radius 1 is 1.50 bits per heavy atom. The third kappa shape index (κ3) is 2.37. The van der Waals surface area contributed by atoms with Crippen molar-refractivity contribution in [3.63, 3.8) is 0 Å². The third-order valence-electron chi connectivity index (χ3n) is 3.54. The second kappa shape index (κ2) is 5.11. The first-order chi connectivity index (χ1) is 8.74. The highest BCUT2D eigenvalue weighted by atomic mass is 79.9. The van der Waals surface area contributed by atoms with Crippen LogP contribution in [-0.2, 0) is 13.0 Å². The second-order valence-corrected chi connectivity index (χ2v) is 6.53. The molecule has 0 saturated heterocycles. The number of nitrogens with zero attached hydrogens (tertiary/aromatic N) is 1. The van der Waals surface area contributed by atoms with E-state index in [1.165, 1.54) is 33.3 Å². The molecule has 94 valence electrons. The first-order valence-corrected chi connectivity index (χ1v) is 7.82. The molecule has 4 heteroatoms. The number of aromatic nitrogens is 1. The van der Waals surface area contributed by atoms with Gasteiger partial charge in [-0.3, -0.25) is 0 Å². The Morgan fingerprint density at radius 3 is 3.17 bits per heavy atom. The van der Waals surface area contributed by atoms with E-state index in [4.69, 9.17) is 0 Å². The van der Waals surface area contributed by atoms with Crippen LogP contribution in [0.15, 0.2) is 28.2 Å². The monoisotopic (exact) mass is 322 g/mol. The first-order valence-electron chi connectivity index (χ1n) is 6.14. The van der Waals surface area contributed by atoms with Gasteiger partial charge in [-0.25, -0.2) is 4.98 Å². The molecule has 3 rings (SSSR count). The lowest BCUT2D eigenvalue weighted by molar-refractivity contribution is 0.532. The van der Waals surface area contributed by atoms with Crippen LogP contribution in [0.3, 0.4) is 0 Å². The fourth-order valence-corrected chi connectivity index (χ4v) is 3.65. The van der Waals surface area contributed by atoms with Gasteiger partial charge in [-0.15, -0.1) is 11.3 Å². The zero-order chi connectivity index (χ0) is 12.5. The Hall–Kier alpha value is -0.710. The summed E-state index contributed by atoms with van der Waals surface area (Å²) in [5.74, 6) is 0. The van der Waals surface area contributed by atoms with Gasteiger partial charge in [0.1, 0.15) is 0 Å². The summed E-state index contributed by atoms with van der Waals surface area (Å²) in [6, 6.07) is 7.12. The quantitative estimate of drug-likeness (QED) is 0.924. The van der Waals surface area contributed by atoms with Crippen LogP contribution in [0, 0.1) is 6.92 Å². The predicted octanol–water partition coefficient (Wildman–Crippen LogP) is 3.99. The van der Waals surface area contributed by atoms with Gasteiger partial charge in [0.25, 0.3) is 0 Å². The van der Waals surface area contributed by atoms with E-state index in [9.17, 15) is 0 Å². The van der Waals surface area contributed by atoms with E-state index < -0.39 is 0 Å². The Labute approximate surface area is 120 Å². The summed E-state index contributed by atoms with van der Waals surface area (Å²) < 4.78 is 1.18. The van der Waals surface area contributed by atoms with E-state index in [2.05, 4.69) is 51.4 Å². The standard InChI is InChI=1S/C14H15BrN2S/c1-9-14(18-8-17-9)7-16-13-5-2-10-6-11(15)3-4-12(10)13/h3-4,6,8,13,16H,2,5,7H2,1H3. The van der Waals surface area contributed by atoms with Crippen molar-refractivity contribution in [3.05, 3.63) is 49.9 Å². The van der Waals surface area contributed by atoms with Gasteiger partial charge in [0, 0.05) is 21.9 Å². The molecule has 2 aromatic rings. The average Bonchev–Trinajstić information content (AvgIpc) is 2.93. The number of benzene rings is 1. The highest BCUT2D eigenvalue weighted by Gasteiger charge is 2.22. The molecule has 1 aromatic heterocycles. The molecule has 18 heavy (non-hydrogen) atoms. The van der Waals surface area contributed by atoms with Crippen LogP contribution in [0.2, 0.25) is 0 Å². The zero-order valence-electron chi connectivity index (χ0n) is 10.2. The molecule has 1 aliphatic carbocycles. The van der Waals surface area contributed by atoms with Crippen LogP contribution >= 0.6 is 27.3 Å². The third-order valence-corrected chi connectivity index (χ3v) is 4.96. The molecule has 1 unspecified atom stereocenters. The fourth-order valence-electron chi connectivity index (χ4n) is 2.51. The maximum Gasteiger partial charge on any atom is 0.0798 e. The molecular formula is C14H15BrN2S. The Balaban J connectivity index is 1.71. The smallest absolute Gasteiger partial charge is 0.0798 e. The van der Waals surface area contributed by atoms with Crippen molar-refractivity contribution in [2.45, 2.75) is 32.4 Å². The van der Waals surface area contributed by atoms with Crippen LogP contribution in [0.4, 0.5) is 0 Å². The lowest BCUT2D eigenvalue weighted by Gasteiger charge is -2.13. The summed E-state index contributed by atoms with van der Waals surface area (Å²) in [7, 11) is 0. The topological polar surface area (TPSA) is 24.9 Å². The van der Waals surface area contributed by atoms with Gasteiger partial charge in [-0.2, -0.15) is 0 Å². The molecule has 1 heterocycles. The van der Waals surface area contributed by atoms with Crippen molar-refractivity contribution in [2.24, 2.45) is 0 Å². The maximum atomic E-state index is 4.29. The van der Waals surface area contributed by atoms with Crippen molar-refractivity contribution >= 4 is 27.3 Å². The summed E-state index contributed by atoms with van der Waals surface area (Å²) in [4.78, 5) is 5.64. The van der Waals surface area contributed by atoms with Crippen LogP contribution in [0.25, 0.3) is 0 Å². The molecule has 0 aliphatic heterocycles. The minimum absolute atomic E-state index is 0.495. The van der Waals surface area contributed by atoms with Crippen molar-refractivity contribution in [1.82, 2.24) is 10.3 Å². The number of hydrogen-bond donors (Lipinski definition) is 1. The first kappa shape index (κ1) is 12.3. The normalized spacial score (nSPS) is 18.0. The molecule has 0 amide bonds. The van der Waals surface area contributed by atoms with Crippen molar-refractivity contribution < 1.29 is 0 Å². The van der Waals surface area contributed by atoms with E-state index in [0.717, 1.165) is 12.2 Å². The average molecular weight is 323 g/mol. The van der Waals surface area contributed by atoms with E-state index >= 15 is 0 Å². The summed E-state index contributed by atoms with van der Waals surface area (Å²) in [5, 5.41) is 3.66. The lowest BCUT2D eigenvalue weighted by atomic mass is 10.1. The highest BCUT2D eigenvalue weighted by Crippen LogP contribution is 2.33. The number of thiazole rings is 1. The van der Waals surface area contributed by atoms with Crippen LogP contribution < -0.4 is 5.32 Å². The molecule has 0 radical (unpaired) electrons.